The van der Waals surface area contributed by atoms with Crippen molar-refractivity contribution in [2.45, 2.75) is 52.3 Å². The van der Waals surface area contributed by atoms with Gasteiger partial charge in [0.05, 0.1) is 6.10 Å². The number of ether oxygens (including phenoxy) is 1. The van der Waals surface area contributed by atoms with Crippen LogP contribution in [-0.2, 0) is 11.3 Å². The number of nitrogens with one attached hydrogen (secondary N) is 2. The second kappa shape index (κ2) is 6.35. The zero-order valence-corrected chi connectivity index (χ0v) is 12.4. The Labute approximate surface area is 116 Å². The molecule has 1 aromatic rings. The number of aryl methyl sites for hydroxylation is 2. The van der Waals surface area contributed by atoms with E-state index in [4.69, 9.17) is 4.74 Å². The van der Waals surface area contributed by atoms with Crippen molar-refractivity contribution < 1.29 is 4.74 Å². The molecule has 1 aliphatic rings. The van der Waals surface area contributed by atoms with Crippen LogP contribution < -0.4 is 10.6 Å². The Balaban J connectivity index is 2.08. The Morgan fingerprint density at radius 2 is 2.16 bits per heavy atom. The molecule has 4 nitrogen and oxygen atoms in total. The molecule has 0 spiro atoms. The quantitative estimate of drug-likeness (QED) is 0.793. The molecule has 0 radical (unpaired) electrons. The van der Waals surface area contributed by atoms with Gasteiger partial charge in [0.2, 0.25) is 0 Å². The third kappa shape index (κ3) is 4.18. The van der Waals surface area contributed by atoms with Gasteiger partial charge in [-0.25, -0.2) is 4.98 Å². The van der Waals surface area contributed by atoms with Gasteiger partial charge in [0, 0.05) is 37.5 Å². The monoisotopic (exact) mass is 263 g/mol. The maximum atomic E-state index is 5.27. The molecule has 2 N–H and O–H groups in total. The normalized spacial score (nSPS) is 16.4. The Morgan fingerprint density at radius 3 is 2.79 bits per heavy atom. The van der Waals surface area contributed by atoms with Crippen LogP contribution in [-0.4, -0.2) is 30.8 Å². The number of aromatic nitrogens is 1. The second-order valence-electron chi connectivity index (χ2n) is 5.49. The number of pyridine rings is 1. The average Bonchev–Trinajstić information content (AvgIpc) is 3.18. The highest BCUT2D eigenvalue weighted by atomic mass is 16.5. The van der Waals surface area contributed by atoms with Gasteiger partial charge in [-0.05, 0) is 45.2 Å². The van der Waals surface area contributed by atoms with Crippen LogP contribution in [0.4, 0.5) is 5.82 Å². The Hall–Kier alpha value is -1.13. The van der Waals surface area contributed by atoms with E-state index in [0.717, 1.165) is 24.6 Å². The van der Waals surface area contributed by atoms with Gasteiger partial charge in [-0.15, -0.1) is 0 Å². The average molecular weight is 263 g/mol. The van der Waals surface area contributed by atoms with E-state index >= 15 is 0 Å². The van der Waals surface area contributed by atoms with Crippen molar-refractivity contribution in [1.29, 1.82) is 0 Å². The van der Waals surface area contributed by atoms with E-state index in [9.17, 15) is 0 Å². The molecule has 0 bridgehead atoms. The zero-order chi connectivity index (χ0) is 13.8. The van der Waals surface area contributed by atoms with Gasteiger partial charge in [-0.1, -0.05) is 0 Å². The maximum absolute atomic E-state index is 5.27. The molecule has 1 atom stereocenters. The first-order chi connectivity index (χ1) is 9.10. The van der Waals surface area contributed by atoms with E-state index in [1.54, 1.807) is 7.11 Å². The smallest absolute Gasteiger partial charge is 0.131 e. The van der Waals surface area contributed by atoms with E-state index in [-0.39, 0.29) is 6.10 Å². The van der Waals surface area contributed by atoms with Crippen molar-refractivity contribution >= 4 is 5.82 Å². The van der Waals surface area contributed by atoms with E-state index in [1.807, 2.05) is 6.92 Å². The zero-order valence-electron chi connectivity index (χ0n) is 12.4. The van der Waals surface area contributed by atoms with Gasteiger partial charge in [-0.2, -0.15) is 0 Å². The molecule has 2 rings (SSSR count). The fourth-order valence-corrected chi connectivity index (χ4v) is 2.09. The van der Waals surface area contributed by atoms with Crippen LogP contribution in [0.5, 0.6) is 0 Å². The standard InChI is InChI=1S/C15H25N3O/c1-10-7-11(2)18-15(17-8-12(3)19-4)14(10)9-16-13-5-6-13/h7,12-13,16H,5-6,8-9H2,1-4H3,(H,17,18). The molecule has 0 aromatic carbocycles. The van der Waals surface area contributed by atoms with E-state index < -0.39 is 0 Å². The lowest BCUT2D eigenvalue weighted by Gasteiger charge is -2.17. The highest BCUT2D eigenvalue weighted by Crippen LogP contribution is 2.23. The van der Waals surface area contributed by atoms with Crippen LogP contribution in [0.2, 0.25) is 0 Å². The van der Waals surface area contributed by atoms with Gasteiger partial charge in [-0.3, -0.25) is 0 Å². The summed E-state index contributed by atoms with van der Waals surface area (Å²) in [5, 5.41) is 6.98. The van der Waals surface area contributed by atoms with Crippen molar-refractivity contribution in [1.82, 2.24) is 10.3 Å². The number of hydrogen-bond donors (Lipinski definition) is 2. The van der Waals surface area contributed by atoms with Crippen LogP contribution in [0, 0.1) is 13.8 Å². The summed E-state index contributed by atoms with van der Waals surface area (Å²) >= 11 is 0. The van der Waals surface area contributed by atoms with Crippen LogP contribution >= 0.6 is 0 Å². The van der Waals surface area contributed by atoms with Gasteiger partial charge < -0.3 is 15.4 Å². The molecular weight excluding hydrogens is 238 g/mol. The fraction of sp³-hybridized carbons (Fsp3) is 0.667. The summed E-state index contributed by atoms with van der Waals surface area (Å²) in [5.74, 6) is 0.995. The number of anilines is 1. The van der Waals surface area contributed by atoms with Gasteiger partial charge in [0.1, 0.15) is 5.82 Å². The lowest BCUT2D eigenvalue weighted by Crippen LogP contribution is -2.22. The van der Waals surface area contributed by atoms with Crippen molar-refractivity contribution in [2.24, 2.45) is 0 Å². The van der Waals surface area contributed by atoms with Crippen LogP contribution in [0.3, 0.4) is 0 Å². The lowest BCUT2D eigenvalue weighted by molar-refractivity contribution is 0.128. The predicted octanol–water partition coefficient (Wildman–Crippen LogP) is 2.40. The van der Waals surface area contributed by atoms with Crippen LogP contribution in [0.15, 0.2) is 6.07 Å². The number of rotatable bonds is 7. The summed E-state index contributed by atoms with van der Waals surface area (Å²) in [7, 11) is 1.73. The Kier molecular flexibility index (Phi) is 4.77. The third-order valence-electron chi connectivity index (χ3n) is 3.58. The number of nitrogens with zero attached hydrogens (tertiary/aromatic N) is 1. The molecule has 19 heavy (non-hydrogen) atoms. The topological polar surface area (TPSA) is 46.2 Å². The molecule has 0 saturated heterocycles. The minimum Gasteiger partial charge on any atom is -0.380 e. The Bertz CT molecular complexity index is 430. The molecule has 0 aliphatic heterocycles. The molecular formula is C15H25N3O. The van der Waals surface area contributed by atoms with Gasteiger partial charge >= 0.3 is 0 Å². The first-order valence-corrected chi connectivity index (χ1v) is 7.07. The molecule has 1 saturated carbocycles. The molecule has 1 aliphatic carbocycles. The predicted molar refractivity (Wildman–Crippen MR) is 78.5 cm³/mol. The maximum Gasteiger partial charge on any atom is 0.131 e. The first kappa shape index (κ1) is 14.3. The summed E-state index contributed by atoms with van der Waals surface area (Å²) < 4.78 is 5.27. The van der Waals surface area contributed by atoms with Crippen molar-refractivity contribution in [3.63, 3.8) is 0 Å². The molecule has 1 aromatic heterocycles. The van der Waals surface area contributed by atoms with E-state index in [2.05, 4.69) is 35.5 Å². The molecule has 4 heteroatoms. The summed E-state index contributed by atoms with van der Waals surface area (Å²) in [6.45, 7) is 7.92. The largest absolute Gasteiger partial charge is 0.380 e. The molecule has 106 valence electrons. The SMILES string of the molecule is COC(C)CNc1nc(C)cc(C)c1CNC1CC1. The summed E-state index contributed by atoms with van der Waals surface area (Å²) in [4.78, 5) is 4.63. The minimum absolute atomic E-state index is 0.187. The lowest BCUT2D eigenvalue weighted by atomic mass is 10.1. The third-order valence-corrected chi connectivity index (χ3v) is 3.58. The minimum atomic E-state index is 0.187. The van der Waals surface area contributed by atoms with E-state index in [0.29, 0.717) is 6.04 Å². The highest BCUT2D eigenvalue weighted by Gasteiger charge is 2.21. The molecule has 1 heterocycles. The van der Waals surface area contributed by atoms with Crippen molar-refractivity contribution in [3.05, 3.63) is 22.9 Å². The van der Waals surface area contributed by atoms with Crippen molar-refractivity contribution in [3.8, 4) is 0 Å². The van der Waals surface area contributed by atoms with Gasteiger partial charge in [0.15, 0.2) is 0 Å². The summed E-state index contributed by atoms with van der Waals surface area (Å²) in [6, 6.07) is 2.86. The highest BCUT2D eigenvalue weighted by molar-refractivity contribution is 5.49. The van der Waals surface area contributed by atoms with Crippen molar-refractivity contribution in [2.75, 3.05) is 19.0 Å². The second-order valence-corrected chi connectivity index (χ2v) is 5.49. The van der Waals surface area contributed by atoms with Crippen LogP contribution in [0.25, 0.3) is 0 Å². The Morgan fingerprint density at radius 1 is 1.42 bits per heavy atom. The summed E-state index contributed by atoms with van der Waals surface area (Å²) in [5.41, 5.74) is 3.63. The summed E-state index contributed by atoms with van der Waals surface area (Å²) in [6.07, 6.45) is 2.80. The van der Waals surface area contributed by atoms with E-state index in [1.165, 1.54) is 24.0 Å². The molecule has 1 fully saturated rings. The number of methoxy groups -OCH3 is 1. The van der Waals surface area contributed by atoms with Crippen LogP contribution in [0.1, 0.15) is 36.6 Å². The first-order valence-electron chi connectivity index (χ1n) is 7.07. The molecule has 1 unspecified atom stereocenters. The van der Waals surface area contributed by atoms with Gasteiger partial charge in [0.25, 0.3) is 0 Å². The number of hydrogen-bond acceptors (Lipinski definition) is 4. The molecule has 0 amide bonds. The fourth-order valence-electron chi connectivity index (χ4n) is 2.09.